The molecule has 1 aromatic heterocycles. The number of nitrogens with zero attached hydrogens (tertiary/aromatic N) is 2. The van der Waals surface area contributed by atoms with Gasteiger partial charge < -0.3 is 129 Å². The van der Waals surface area contributed by atoms with E-state index in [4.69, 9.17) is 68.8 Å². The number of carboxylic acid groups (broad SMARTS) is 1. The van der Waals surface area contributed by atoms with Crippen LogP contribution in [0.15, 0.2) is 96.3 Å². The quantitative estimate of drug-likeness (QED) is 0.0508. The smallest absolute Gasteiger partial charge is 0.330 e. The maximum Gasteiger partial charge on any atom is 0.330 e. The van der Waals surface area contributed by atoms with Crippen molar-refractivity contribution in [2.24, 2.45) is 17.4 Å². The molecular weight excluding hydrogens is 1480 g/mol. The van der Waals surface area contributed by atoms with E-state index in [9.17, 15) is 69.9 Å². The SMILES string of the molecule is CN[C@H](CC(C)C)C(=O)N[C@H]1C(=O)N[C@@H](CC(N)=O)C(=O)NC2C(=O)NC3C(=O)N[C@H](C(=O)N[C@@H](C(=O)O)c4cc(O)cc(O)c4-c4cc3ccc4O)[C@H](O)c3ccc(c(Cl)c3)Oc3cc2cc(c3OC2OC(CSc3nccc(N)n3)C(O)C(O)C2OC2CC(C)(N)C(O)C(C)O2)Oc2ccc(cc2Cl)[C@H]1O. The largest absolute Gasteiger partial charge is 0.508 e. The fourth-order valence-corrected chi connectivity index (χ4v) is 14.4. The predicted octanol–water partition coefficient (Wildman–Crippen LogP) is 1.28. The Morgan fingerprint density at radius 2 is 1.37 bits per heavy atom. The molecule has 0 saturated carbocycles. The molecule has 5 aromatic carbocycles. The van der Waals surface area contributed by atoms with Crippen molar-refractivity contribution in [1.29, 1.82) is 0 Å². The second-order valence-corrected chi connectivity index (χ2v) is 28.9. The van der Waals surface area contributed by atoms with E-state index in [-0.39, 0.29) is 68.7 Å². The molecule has 108 heavy (non-hydrogen) atoms. The number of phenolic OH excluding ortho intramolecular Hbond substituents is 3. The Bertz CT molecular complexity index is 4510. The van der Waals surface area contributed by atoms with Gasteiger partial charge in [-0.05, 0) is 116 Å². The first-order chi connectivity index (χ1) is 51.1. The molecule has 0 spiro atoms. The highest BCUT2D eigenvalue weighted by atomic mass is 35.5. The van der Waals surface area contributed by atoms with Gasteiger partial charge in [0, 0.05) is 46.7 Å². The molecule has 6 aromatic rings. The van der Waals surface area contributed by atoms with Crippen molar-refractivity contribution >= 4 is 88.1 Å². The number of nitrogens with two attached hydrogens (primary N) is 3. The number of aliphatic carboxylic acids is 1. The number of phenols is 3. The molecule has 0 aliphatic carbocycles. The summed E-state index contributed by atoms with van der Waals surface area (Å²) in [5.74, 6) is -16.1. The lowest BCUT2D eigenvalue weighted by molar-refractivity contribution is -0.329. The molecular formula is C70H78Cl2N12O23S. The monoisotopic (exact) mass is 1560 g/mol. The van der Waals surface area contributed by atoms with Crippen molar-refractivity contribution in [1.82, 2.24) is 47.2 Å². The van der Waals surface area contributed by atoms with Gasteiger partial charge in [-0.25, -0.2) is 14.8 Å². The number of halogens is 2. The van der Waals surface area contributed by atoms with Crippen molar-refractivity contribution < 1.29 is 113 Å². The Morgan fingerprint density at radius 3 is 1.98 bits per heavy atom. The number of nitrogen functional groups attached to an aromatic ring is 1. The maximum atomic E-state index is 16.2. The molecule has 7 aliphatic rings. The van der Waals surface area contributed by atoms with Crippen LogP contribution >= 0.6 is 35.0 Å². The molecule has 22 N–H and O–H groups in total. The van der Waals surface area contributed by atoms with Crippen LogP contribution in [-0.2, 0) is 52.6 Å². The second kappa shape index (κ2) is 32.5. The molecule has 8 heterocycles. The summed E-state index contributed by atoms with van der Waals surface area (Å²) in [5, 5.41) is 122. The first-order valence-electron chi connectivity index (χ1n) is 33.6. The van der Waals surface area contributed by atoms with Crippen LogP contribution in [0, 0.1) is 5.92 Å². The van der Waals surface area contributed by atoms with Crippen LogP contribution < -0.4 is 68.6 Å². The van der Waals surface area contributed by atoms with Crippen LogP contribution in [0.4, 0.5) is 5.82 Å². The number of thioether (sulfide) groups is 1. The Hall–Kier alpha value is -9.93. The number of anilines is 1. The number of nitrogens with one attached hydrogen (secondary N) is 7. The van der Waals surface area contributed by atoms with E-state index < -0.39 is 225 Å². The number of rotatable bonds is 15. The number of aliphatic hydroxyl groups excluding tert-OH is 5. The lowest BCUT2D eigenvalue weighted by Crippen LogP contribution is -2.64. The number of amides is 7. The molecule has 7 amide bonds. The zero-order valence-electron chi connectivity index (χ0n) is 57.9. The summed E-state index contributed by atoms with van der Waals surface area (Å²) in [5.41, 5.74) is 14.1. The summed E-state index contributed by atoms with van der Waals surface area (Å²) in [4.78, 5) is 126. The number of carboxylic acids is 1. The lowest BCUT2D eigenvalue weighted by Gasteiger charge is -2.47. The van der Waals surface area contributed by atoms with Gasteiger partial charge in [-0.1, -0.05) is 67.0 Å². The standard InChI is InChI=1S/C70H78Cl2N12O23S/c1-25(2)14-36(76-5)61(94)83-52-54(89)28-7-10-40(34(71)16-28)103-42-18-30-19-43(58(42)107-68-59(106-47-23-70(4,75)60(93)26(3)102-47)57(92)56(91)44(105-68)24-108-69-77-13-12-45(73)79-69)104-41-11-8-29(17-35(41)72)55(90)53-66(99)82-51(67(100)101)33-20-31(85)21-39(87)48(33)32-15-27(6-9-38(32)86)49(63(96)84-53)81-64(97)50(30)80-62(95)37(22-46(74)88)78-65(52)98/h6-13,15-21,25-26,36-37,44,47,49-57,59-60,68,76,85-87,89-93H,14,22-24,75H2,1-5H3,(H2,74,88)(H,78,98)(H,80,95)(H,81,97)(H,82,99)(H,83,94)(H,84,96)(H,100,101)(H2,73,77,79)/t26?,36-,37+,44?,47?,49?,50?,51-,52-,53+,54-,55-,56?,57?,59?,60?,68?,70?/m1/s1. The lowest BCUT2D eigenvalue weighted by atomic mass is 9.86. The zero-order valence-corrected chi connectivity index (χ0v) is 60.2. The van der Waals surface area contributed by atoms with Gasteiger partial charge in [-0.3, -0.25) is 33.6 Å². The number of aromatic hydroxyl groups is 3. The molecule has 0 radical (unpaired) electrons. The summed E-state index contributed by atoms with van der Waals surface area (Å²) in [6, 6.07) is 0.881. The van der Waals surface area contributed by atoms with E-state index >= 15 is 14.4 Å². The summed E-state index contributed by atoms with van der Waals surface area (Å²) >= 11 is 15.2. The molecule has 18 atom stereocenters. The third-order valence-corrected chi connectivity index (χ3v) is 20.2. The minimum Gasteiger partial charge on any atom is -0.508 e. The molecule has 2 saturated heterocycles. The normalized spacial score (nSPS) is 28.3. The van der Waals surface area contributed by atoms with Gasteiger partial charge in [0.1, 0.15) is 89.2 Å². The third-order valence-electron chi connectivity index (χ3n) is 18.6. The number of hydrogen-bond donors (Lipinski definition) is 19. The first kappa shape index (κ1) is 79.1. The maximum absolute atomic E-state index is 16.2. The highest BCUT2D eigenvalue weighted by Crippen LogP contribution is 2.50. The number of ether oxygens (including phenoxy) is 6. The molecule has 11 unspecified atom stereocenters. The number of benzene rings is 5. The minimum absolute atomic E-state index is 0.0818. The summed E-state index contributed by atoms with van der Waals surface area (Å²) in [6.07, 6.45) is -16.8. The van der Waals surface area contributed by atoms with Crippen molar-refractivity contribution in [2.75, 3.05) is 18.5 Å². The van der Waals surface area contributed by atoms with Crippen LogP contribution in [-0.4, -0.2) is 195 Å². The number of hydrogen-bond acceptors (Lipinski definition) is 28. The van der Waals surface area contributed by atoms with Crippen LogP contribution in [0.25, 0.3) is 11.1 Å². The number of aromatic nitrogens is 2. The topological polar surface area (TPSA) is 562 Å². The van der Waals surface area contributed by atoms with E-state index in [0.717, 1.165) is 78.5 Å². The molecule has 38 heteroatoms. The van der Waals surface area contributed by atoms with Gasteiger partial charge in [0.05, 0.1) is 40.8 Å². The summed E-state index contributed by atoms with van der Waals surface area (Å²) < 4.78 is 39.5. The highest BCUT2D eigenvalue weighted by molar-refractivity contribution is 7.99. The van der Waals surface area contributed by atoms with Crippen LogP contribution in [0.5, 0.6) is 46.0 Å². The fourth-order valence-electron chi connectivity index (χ4n) is 13.1. The van der Waals surface area contributed by atoms with Gasteiger partial charge in [0.15, 0.2) is 35.1 Å². The Kier molecular flexibility index (Phi) is 23.8. The number of likely N-dealkylation sites (N-methyl/N-ethyl adjacent to an activating group) is 1. The number of carbonyl (C=O) groups is 8. The van der Waals surface area contributed by atoms with Crippen LogP contribution in [0.2, 0.25) is 10.0 Å². The molecule has 11 bridgehead atoms. The first-order valence-corrected chi connectivity index (χ1v) is 35.4. The average molecular weight is 1560 g/mol. The predicted molar refractivity (Wildman–Crippen MR) is 379 cm³/mol. The van der Waals surface area contributed by atoms with Crippen molar-refractivity contribution in [3.63, 3.8) is 0 Å². The summed E-state index contributed by atoms with van der Waals surface area (Å²) in [6.45, 7) is 6.67. The van der Waals surface area contributed by atoms with Gasteiger partial charge in [0.25, 0.3) is 0 Å². The molecule has 13 rings (SSSR count). The molecule has 2 fully saturated rings. The fraction of sp³-hybridized carbons (Fsp3) is 0.400. The van der Waals surface area contributed by atoms with E-state index in [2.05, 4.69) is 47.2 Å². The van der Waals surface area contributed by atoms with Gasteiger partial charge >= 0.3 is 5.97 Å². The number of primary amides is 1. The number of carbonyl (C=O) groups excluding carboxylic acids is 7. The highest BCUT2D eigenvalue weighted by Gasteiger charge is 2.52. The second-order valence-electron chi connectivity index (χ2n) is 27.1. The van der Waals surface area contributed by atoms with E-state index in [1.807, 2.05) is 13.8 Å². The van der Waals surface area contributed by atoms with Gasteiger partial charge in [-0.15, -0.1) is 0 Å². The average Bonchev–Trinajstić information content (AvgIpc) is 0.767. The number of fused-ring (bicyclic) bond motifs is 15. The molecule has 35 nitrogen and oxygen atoms in total. The van der Waals surface area contributed by atoms with E-state index in [1.54, 1.807) is 0 Å². The Balaban J connectivity index is 1.16. The Labute approximate surface area is 628 Å². The minimum atomic E-state index is -2.35. The van der Waals surface area contributed by atoms with Crippen molar-refractivity contribution in [3.05, 3.63) is 129 Å². The molecule has 576 valence electrons. The van der Waals surface area contributed by atoms with Crippen molar-refractivity contribution in [3.8, 4) is 57.1 Å². The van der Waals surface area contributed by atoms with Gasteiger partial charge in [-0.2, -0.15) is 0 Å². The number of aliphatic hydroxyl groups is 5. The van der Waals surface area contributed by atoms with Crippen LogP contribution in [0.1, 0.15) is 105 Å². The van der Waals surface area contributed by atoms with Gasteiger partial charge in [0.2, 0.25) is 53.4 Å². The third kappa shape index (κ3) is 17.1. The van der Waals surface area contributed by atoms with Crippen molar-refractivity contribution in [2.45, 2.75) is 161 Å². The molecule has 7 aliphatic heterocycles. The zero-order chi connectivity index (χ0) is 78.2. The van der Waals surface area contributed by atoms with E-state index in [1.165, 1.54) is 45.3 Å². The van der Waals surface area contributed by atoms with Crippen LogP contribution in [0.3, 0.4) is 0 Å². The summed E-state index contributed by atoms with van der Waals surface area (Å²) in [7, 11) is 1.48. The van der Waals surface area contributed by atoms with E-state index in [0.29, 0.717) is 0 Å². The Morgan fingerprint density at radius 1 is 0.741 bits per heavy atom.